The largest absolute Gasteiger partial charge is 0.341 e. The summed E-state index contributed by atoms with van der Waals surface area (Å²) in [5.74, 6) is 1.98. The molecular weight excluding hydrogens is 342 g/mol. The van der Waals surface area contributed by atoms with Gasteiger partial charge in [0.05, 0.1) is 0 Å². The first kappa shape index (κ1) is 17.5. The Morgan fingerprint density at radius 1 is 1.26 bits per heavy atom. The third-order valence-electron chi connectivity index (χ3n) is 4.91. The first-order valence-electron chi connectivity index (χ1n) is 9.31. The molecule has 4 rings (SSSR count). The average molecular weight is 365 g/mol. The van der Waals surface area contributed by atoms with Gasteiger partial charge >= 0.3 is 0 Å². The van der Waals surface area contributed by atoms with Gasteiger partial charge in [0.25, 0.3) is 5.91 Å². The Balaban J connectivity index is 1.61. The van der Waals surface area contributed by atoms with E-state index >= 15 is 0 Å². The third kappa shape index (κ3) is 3.25. The maximum absolute atomic E-state index is 13.2. The number of carbonyl (C=O) groups excluding carboxylic acids is 1. The molecule has 0 spiro atoms. The van der Waals surface area contributed by atoms with Crippen LogP contribution in [-0.4, -0.2) is 37.5 Å². The number of hydrogen-bond donors (Lipinski definition) is 1. The zero-order valence-electron chi connectivity index (χ0n) is 15.8. The quantitative estimate of drug-likeness (QED) is 0.758. The summed E-state index contributed by atoms with van der Waals surface area (Å²) in [6.45, 7) is 6.58. The molecule has 3 heterocycles. The van der Waals surface area contributed by atoms with E-state index in [1.807, 2.05) is 51.1 Å². The molecule has 1 amide bonds. The van der Waals surface area contributed by atoms with Gasteiger partial charge < -0.3 is 14.4 Å². The van der Waals surface area contributed by atoms with Crippen LogP contribution in [0.1, 0.15) is 66.5 Å². The van der Waals surface area contributed by atoms with E-state index < -0.39 is 0 Å². The van der Waals surface area contributed by atoms with E-state index in [1.54, 1.807) is 4.90 Å². The minimum Gasteiger partial charge on any atom is -0.341 e. The molecule has 0 bridgehead atoms. The van der Waals surface area contributed by atoms with E-state index in [9.17, 15) is 4.79 Å². The van der Waals surface area contributed by atoms with Gasteiger partial charge in [0.2, 0.25) is 5.89 Å². The van der Waals surface area contributed by atoms with Gasteiger partial charge in [-0.15, -0.1) is 0 Å². The molecule has 0 saturated carbocycles. The van der Waals surface area contributed by atoms with Crippen LogP contribution < -0.4 is 0 Å². The molecule has 140 valence electrons. The van der Waals surface area contributed by atoms with Crippen molar-refractivity contribution >= 4 is 5.91 Å². The number of nitrogens with one attached hydrogen (secondary N) is 1. The SMILES string of the molecule is Cc1[nH]c(-c2ccccc2)nc1C(=O)N1CCCC1c1nc(C(C)C)no1. The molecule has 1 aromatic carbocycles. The molecule has 1 fully saturated rings. The number of nitrogens with zero attached hydrogens (tertiary/aromatic N) is 4. The molecule has 1 aliphatic rings. The lowest BCUT2D eigenvalue weighted by Crippen LogP contribution is -2.31. The summed E-state index contributed by atoms with van der Waals surface area (Å²) < 4.78 is 5.45. The Bertz CT molecular complexity index is 944. The zero-order chi connectivity index (χ0) is 19.0. The Labute approximate surface area is 157 Å². The summed E-state index contributed by atoms with van der Waals surface area (Å²) in [5.41, 5.74) is 2.17. The second-order valence-electron chi connectivity index (χ2n) is 7.23. The summed E-state index contributed by atoms with van der Waals surface area (Å²) in [7, 11) is 0. The lowest BCUT2D eigenvalue weighted by atomic mass is 10.2. The number of aromatic nitrogens is 4. The molecule has 3 aromatic rings. The predicted octanol–water partition coefficient (Wildman–Crippen LogP) is 3.87. The van der Waals surface area contributed by atoms with E-state index in [0.29, 0.717) is 29.8 Å². The number of rotatable bonds is 4. The Kier molecular flexibility index (Phi) is 4.51. The number of H-pyrrole nitrogens is 1. The van der Waals surface area contributed by atoms with Crippen LogP contribution in [0.4, 0.5) is 0 Å². The van der Waals surface area contributed by atoms with Crippen LogP contribution in [0.2, 0.25) is 0 Å². The highest BCUT2D eigenvalue weighted by Gasteiger charge is 2.36. The maximum Gasteiger partial charge on any atom is 0.275 e. The maximum atomic E-state index is 13.2. The third-order valence-corrected chi connectivity index (χ3v) is 4.91. The van der Waals surface area contributed by atoms with Crippen molar-refractivity contribution < 1.29 is 9.32 Å². The van der Waals surface area contributed by atoms with Crippen molar-refractivity contribution in [2.24, 2.45) is 0 Å². The average Bonchev–Trinajstić information content (AvgIpc) is 3.40. The highest BCUT2D eigenvalue weighted by Crippen LogP contribution is 2.33. The highest BCUT2D eigenvalue weighted by atomic mass is 16.5. The van der Waals surface area contributed by atoms with Crippen LogP contribution in [0.25, 0.3) is 11.4 Å². The van der Waals surface area contributed by atoms with Gasteiger partial charge in [0, 0.05) is 23.7 Å². The highest BCUT2D eigenvalue weighted by molar-refractivity contribution is 5.94. The summed E-state index contributed by atoms with van der Waals surface area (Å²) in [5, 5.41) is 4.04. The van der Waals surface area contributed by atoms with Gasteiger partial charge in [-0.1, -0.05) is 49.3 Å². The van der Waals surface area contributed by atoms with Crippen LogP contribution in [0, 0.1) is 6.92 Å². The van der Waals surface area contributed by atoms with Crippen LogP contribution in [-0.2, 0) is 0 Å². The minimum atomic E-state index is -0.186. The molecule has 1 unspecified atom stereocenters. The van der Waals surface area contributed by atoms with E-state index in [0.717, 1.165) is 24.1 Å². The molecule has 2 aromatic heterocycles. The number of aromatic amines is 1. The Hall–Kier alpha value is -2.96. The number of likely N-dealkylation sites (tertiary alicyclic amines) is 1. The van der Waals surface area contributed by atoms with Gasteiger partial charge in [-0.25, -0.2) is 4.98 Å². The molecule has 0 aliphatic carbocycles. The standard InChI is InChI=1S/C20H23N5O2/c1-12(2)17-23-19(27-24-17)15-10-7-11-25(15)20(26)16-13(3)21-18(22-16)14-8-5-4-6-9-14/h4-6,8-9,12,15H,7,10-11H2,1-3H3,(H,21,22). The van der Waals surface area contributed by atoms with Gasteiger partial charge in [0.15, 0.2) is 5.82 Å². The molecule has 1 aliphatic heterocycles. The first-order chi connectivity index (χ1) is 13.0. The summed E-state index contributed by atoms with van der Waals surface area (Å²) in [6, 6.07) is 9.61. The topological polar surface area (TPSA) is 87.9 Å². The Morgan fingerprint density at radius 3 is 2.74 bits per heavy atom. The number of benzene rings is 1. The van der Waals surface area contributed by atoms with Crippen molar-refractivity contribution in [1.29, 1.82) is 0 Å². The number of carbonyl (C=O) groups is 1. The van der Waals surface area contributed by atoms with Crippen molar-refractivity contribution in [2.45, 2.75) is 45.6 Å². The van der Waals surface area contributed by atoms with E-state index in [-0.39, 0.29) is 17.9 Å². The van der Waals surface area contributed by atoms with E-state index in [4.69, 9.17) is 4.52 Å². The van der Waals surface area contributed by atoms with Gasteiger partial charge in [-0.2, -0.15) is 4.98 Å². The fraction of sp³-hybridized carbons (Fsp3) is 0.400. The second-order valence-corrected chi connectivity index (χ2v) is 7.23. The van der Waals surface area contributed by atoms with Gasteiger partial charge in [-0.05, 0) is 19.8 Å². The minimum absolute atomic E-state index is 0.0993. The van der Waals surface area contributed by atoms with Crippen molar-refractivity contribution in [2.75, 3.05) is 6.54 Å². The number of aryl methyl sites for hydroxylation is 1. The predicted molar refractivity (Wildman–Crippen MR) is 100 cm³/mol. The Morgan fingerprint density at radius 2 is 2.04 bits per heavy atom. The molecule has 7 nitrogen and oxygen atoms in total. The summed E-state index contributed by atoms with van der Waals surface area (Å²) in [4.78, 5) is 27.3. The van der Waals surface area contributed by atoms with Crippen LogP contribution >= 0.6 is 0 Å². The summed E-state index contributed by atoms with van der Waals surface area (Å²) >= 11 is 0. The molecule has 1 N–H and O–H groups in total. The number of amides is 1. The van der Waals surface area contributed by atoms with E-state index in [2.05, 4.69) is 20.1 Å². The fourth-order valence-corrected chi connectivity index (χ4v) is 3.42. The molecule has 7 heteroatoms. The molecule has 1 saturated heterocycles. The lowest BCUT2D eigenvalue weighted by Gasteiger charge is -2.21. The number of imidazole rings is 1. The van der Waals surface area contributed by atoms with Crippen LogP contribution in [0.3, 0.4) is 0 Å². The van der Waals surface area contributed by atoms with Gasteiger partial charge in [-0.3, -0.25) is 4.79 Å². The fourth-order valence-electron chi connectivity index (χ4n) is 3.42. The number of hydrogen-bond acceptors (Lipinski definition) is 5. The normalized spacial score (nSPS) is 17.0. The summed E-state index contributed by atoms with van der Waals surface area (Å²) in [6.07, 6.45) is 1.73. The molecule has 1 atom stereocenters. The van der Waals surface area contributed by atoms with E-state index in [1.165, 1.54) is 0 Å². The van der Waals surface area contributed by atoms with Crippen LogP contribution in [0.15, 0.2) is 34.9 Å². The second kappa shape index (κ2) is 6.98. The molecule has 0 radical (unpaired) electrons. The van der Waals surface area contributed by atoms with Crippen LogP contribution in [0.5, 0.6) is 0 Å². The zero-order valence-corrected chi connectivity index (χ0v) is 15.8. The molecular formula is C20H23N5O2. The first-order valence-corrected chi connectivity index (χ1v) is 9.31. The van der Waals surface area contributed by atoms with Crippen molar-refractivity contribution in [1.82, 2.24) is 25.0 Å². The molecule has 27 heavy (non-hydrogen) atoms. The lowest BCUT2D eigenvalue weighted by molar-refractivity contribution is 0.0704. The van der Waals surface area contributed by atoms with Crippen molar-refractivity contribution in [3.05, 3.63) is 53.4 Å². The smallest absolute Gasteiger partial charge is 0.275 e. The van der Waals surface area contributed by atoms with Crippen molar-refractivity contribution in [3.8, 4) is 11.4 Å². The monoisotopic (exact) mass is 365 g/mol. The van der Waals surface area contributed by atoms with Gasteiger partial charge in [0.1, 0.15) is 17.6 Å². The van der Waals surface area contributed by atoms with Crippen molar-refractivity contribution in [3.63, 3.8) is 0 Å².